The fourth-order valence-corrected chi connectivity index (χ4v) is 5.21. The van der Waals surface area contributed by atoms with Crippen LogP contribution in [0.25, 0.3) is 10.9 Å². The molecule has 3 aromatic carbocycles. The van der Waals surface area contributed by atoms with E-state index in [2.05, 4.69) is 28.5 Å². The van der Waals surface area contributed by atoms with Crippen molar-refractivity contribution in [2.45, 2.75) is 49.5 Å². The van der Waals surface area contributed by atoms with E-state index in [1.807, 2.05) is 18.3 Å². The van der Waals surface area contributed by atoms with Gasteiger partial charge >= 0.3 is 18.3 Å². The molecule has 0 spiro atoms. The number of aliphatic hydroxyl groups is 1. The number of nitrogens with zero attached hydrogens (tertiary/aromatic N) is 1. The fraction of sp³-hybridized carbons (Fsp3) is 0.267. The number of carboxylic acid groups (broad SMARTS) is 2. The number of benzene rings is 3. The van der Waals surface area contributed by atoms with Gasteiger partial charge in [-0.05, 0) is 74.4 Å². The van der Waals surface area contributed by atoms with Gasteiger partial charge in [-0.15, -0.1) is 0 Å². The maximum atomic E-state index is 12.6. The number of aromatic nitrogens is 1. The Morgan fingerprint density at radius 3 is 2.24 bits per heavy atom. The van der Waals surface area contributed by atoms with Crippen LogP contribution in [0.4, 0.5) is 23.7 Å². The van der Waals surface area contributed by atoms with Crippen LogP contribution < -0.4 is 14.8 Å². The Hall–Kier alpha value is -4.60. The van der Waals surface area contributed by atoms with Gasteiger partial charge in [-0.25, -0.2) is 18.0 Å². The maximum absolute atomic E-state index is 12.6. The summed E-state index contributed by atoms with van der Waals surface area (Å²) in [6, 6.07) is 21.9. The number of hydrogen-bond donors (Lipinski definition) is 5. The number of β-amino-alcohol motifs (C(OH)–C–C–N with tert-alkyl or cyclic N) is 1. The zero-order valence-electron chi connectivity index (χ0n) is 24.2. The van der Waals surface area contributed by atoms with E-state index in [0.717, 1.165) is 17.3 Å². The zero-order valence-corrected chi connectivity index (χ0v) is 25.0. The van der Waals surface area contributed by atoms with Crippen LogP contribution in [0.15, 0.2) is 90.0 Å². The molecule has 4 aromatic rings. The molecule has 0 unspecified atom stereocenters. The Kier molecular flexibility index (Phi) is 11.2. The van der Waals surface area contributed by atoms with E-state index in [4.69, 9.17) is 19.7 Å². The molecule has 0 amide bonds. The van der Waals surface area contributed by atoms with Gasteiger partial charge in [0, 0.05) is 41.4 Å². The summed E-state index contributed by atoms with van der Waals surface area (Å²) >= 11 is 0. The van der Waals surface area contributed by atoms with E-state index in [0.29, 0.717) is 17.8 Å². The van der Waals surface area contributed by atoms with Crippen LogP contribution in [0.1, 0.15) is 31.9 Å². The van der Waals surface area contributed by atoms with E-state index >= 15 is 0 Å². The van der Waals surface area contributed by atoms with Gasteiger partial charge in [0.25, 0.3) is 10.0 Å². The summed E-state index contributed by atoms with van der Waals surface area (Å²) in [5, 5.41) is 31.0. The molecule has 15 heteroatoms. The number of halogens is 3. The first kappa shape index (κ1) is 34.9. The number of aliphatic carboxylic acids is 1. The molecular formula is C30H32F3N3O8S. The molecule has 0 saturated carbocycles. The van der Waals surface area contributed by atoms with Crippen molar-refractivity contribution in [3.63, 3.8) is 0 Å². The second kappa shape index (κ2) is 14.5. The Labute approximate surface area is 256 Å². The van der Waals surface area contributed by atoms with E-state index < -0.39 is 34.4 Å². The monoisotopic (exact) mass is 651 g/mol. The average Bonchev–Trinajstić information content (AvgIpc) is 3.37. The molecule has 4 rings (SSSR count). The Morgan fingerprint density at radius 1 is 0.956 bits per heavy atom. The second-order valence-corrected chi connectivity index (χ2v) is 12.2. The van der Waals surface area contributed by atoms with Gasteiger partial charge in [0.2, 0.25) is 0 Å². The number of carboxylic acids is 1. The number of fused-ring (bicyclic) bond motifs is 1. The van der Waals surface area contributed by atoms with Crippen molar-refractivity contribution in [1.29, 1.82) is 0 Å². The van der Waals surface area contributed by atoms with E-state index in [-0.39, 0.29) is 22.7 Å². The number of alkyl halides is 3. The highest BCUT2D eigenvalue weighted by atomic mass is 32.2. The smallest absolute Gasteiger partial charge is 0.475 e. The summed E-state index contributed by atoms with van der Waals surface area (Å²) in [4.78, 5) is 19.8. The van der Waals surface area contributed by atoms with E-state index in [1.165, 1.54) is 12.1 Å². The van der Waals surface area contributed by atoms with Gasteiger partial charge in [-0.1, -0.05) is 30.3 Å². The number of anilines is 1. The van der Waals surface area contributed by atoms with Crippen LogP contribution in [0, 0.1) is 0 Å². The highest BCUT2D eigenvalue weighted by Gasteiger charge is 2.38. The molecule has 0 aliphatic rings. The summed E-state index contributed by atoms with van der Waals surface area (Å²) in [5.41, 5.74) is 1.63. The normalized spacial score (nSPS) is 12.6. The number of sulfonamides is 1. The van der Waals surface area contributed by atoms with Crippen molar-refractivity contribution in [3.8, 4) is 5.75 Å². The molecule has 0 bridgehead atoms. The molecule has 1 aromatic heterocycles. The minimum absolute atomic E-state index is 0.166. The van der Waals surface area contributed by atoms with Crippen molar-refractivity contribution in [2.75, 3.05) is 11.3 Å². The Morgan fingerprint density at radius 2 is 1.62 bits per heavy atom. The van der Waals surface area contributed by atoms with Crippen LogP contribution in [0.5, 0.6) is 5.75 Å². The van der Waals surface area contributed by atoms with Crippen molar-refractivity contribution < 1.29 is 51.2 Å². The summed E-state index contributed by atoms with van der Waals surface area (Å²) in [6.45, 7) is 5.09. The second-order valence-electron chi connectivity index (χ2n) is 10.5. The van der Waals surface area contributed by atoms with Crippen LogP contribution in [-0.4, -0.2) is 58.7 Å². The topological polar surface area (TPSA) is 167 Å². The van der Waals surface area contributed by atoms with Gasteiger partial charge < -0.3 is 29.9 Å². The Bertz CT molecular complexity index is 1730. The van der Waals surface area contributed by atoms with Crippen molar-refractivity contribution in [1.82, 2.24) is 9.88 Å². The number of nitrogens with one attached hydrogen (secondary N) is 2. The van der Waals surface area contributed by atoms with Crippen LogP contribution in [0.2, 0.25) is 0 Å². The lowest BCUT2D eigenvalue weighted by Gasteiger charge is -2.28. The average molecular weight is 652 g/mol. The number of carbonyl (C=O) groups is 2. The number of hydrogen-bond acceptors (Lipinski definition) is 7. The molecule has 242 valence electrons. The lowest BCUT2D eigenvalue weighted by molar-refractivity contribution is -0.192. The van der Waals surface area contributed by atoms with Crippen molar-refractivity contribution in [3.05, 3.63) is 90.6 Å². The molecule has 1 heterocycles. The molecular weight excluding hydrogens is 619 g/mol. The first-order valence-corrected chi connectivity index (χ1v) is 14.9. The fourth-order valence-electron chi connectivity index (χ4n) is 4.14. The number of aryl methyl sites for hydroxylation is 1. The minimum Gasteiger partial charge on any atom is -0.475 e. The predicted molar refractivity (Wildman–Crippen MR) is 160 cm³/mol. The Balaban J connectivity index is 0.000000707. The van der Waals surface area contributed by atoms with Gasteiger partial charge in [-0.3, -0.25) is 4.72 Å². The molecule has 0 radical (unpaired) electrons. The largest absolute Gasteiger partial charge is 0.511 e. The van der Waals surface area contributed by atoms with Crippen LogP contribution in [-0.2, 0) is 21.4 Å². The van der Waals surface area contributed by atoms with Crippen molar-refractivity contribution >= 4 is 38.7 Å². The number of aliphatic hydroxyl groups excluding tert-OH is 1. The molecule has 0 fully saturated rings. The first-order chi connectivity index (χ1) is 21.0. The quantitative estimate of drug-likeness (QED) is 0.102. The third-order valence-electron chi connectivity index (χ3n) is 6.52. The molecule has 1 atom stereocenters. The zero-order chi connectivity index (χ0) is 33.4. The third-order valence-corrected chi connectivity index (χ3v) is 7.92. The molecule has 5 N–H and O–H groups in total. The third kappa shape index (κ3) is 10.5. The first-order valence-electron chi connectivity index (χ1n) is 13.4. The summed E-state index contributed by atoms with van der Waals surface area (Å²) in [5.74, 6) is -2.48. The summed E-state index contributed by atoms with van der Waals surface area (Å²) in [7, 11) is -3.73. The number of rotatable bonds is 11. The van der Waals surface area contributed by atoms with Crippen LogP contribution in [0.3, 0.4) is 0 Å². The lowest BCUT2D eigenvalue weighted by atomic mass is 9.99. The lowest BCUT2D eigenvalue weighted by Crippen LogP contribution is -2.42. The highest BCUT2D eigenvalue weighted by molar-refractivity contribution is 7.92. The summed E-state index contributed by atoms with van der Waals surface area (Å²) < 4.78 is 66.4. The minimum atomic E-state index is -5.08. The summed E-state index contributed by atoms with van der Waals surface area (Å²) in [6.07, 6.45) is -4.56. The molecule has 45 heavy (non-hydrogen) atoms. The van der Waals surface area contributed by atoms with Gasteiger partial charge in [0.1, 0.15) is 5.75 Å². The molecule has 0 saturated heterocycles. The van der Waals surface area contributed by atoms with Gasteiger partial charge in [-0.2, -0.15) is 13.2 Å². The molecule has 0 aliphatic carbocycles. The standard InChI is InChI=1S/C28H31N3O6S.C2HF3O2/c1-28(2,14-16-31-15-13-20-18-23(37-27(33)34)11-12-25(20)31)29-19-26(32)21-7-6-8-22(17-21)30-38(35,36)24-9-4-3-5-10-24;3-2(4,5)1(6)7/h3-13,15,17-18,26,29-30,32H,14,16,19H2,1-2H3,(H,33,34);(H,6,7)/t26-;/m0./s1. The highest BCUT2D eigenvalue weighted by Crippen LogP contribution is 2.25. The van der Waals surface area contributed by atoms with Crippen LogP contribution >= 0.6 is 0 Å². The van der Waals surface area contributed by atoms with Gasteiger partial charge in [0.05, 0.1) is 11.0 Å². The predicted octanol–water partition coefficient (Wildman–Crippen LogP) is 5.62. The SMILES string of the molecule is CC(C)(CCn1ccc2cc(OC(=O)O)ccc21)NC[C@H](O)c1cccc(NS(=O)(=O)c2ccccc2)c1.O=C(O)C(F)(F)F. The van der Waals surface area contributed by atoms with E-state index in [9.17, 15) is 31.5 Å². The maximum Gasteiger partial charge on any atom is 0.511 e. The number of ether oxygens (including phenoxy) is 1. The molecule has 11 nitrogen and oxygen atoms in total. The van der Waals surface area contributed by atoms with E-state index in [1.54, 1.807) is 54.6 Å². The molecule has 0 aliphatic heterocycles. The van der Waals surface area contributed by atoms with Crippen molar-refractivity contribution in [2.24, 2.45) is 0 Å². The van der Waals surface area contributed by atoms with Gasteiger partial charge in [0.15, 0.2) is 0 Å².